The molecule has 1 aliphatic rings. The Morgan fingerprint density at radius 3 is 2.41 bits per heavy atom. The van der Waals surface area contributed by atoms with Crippen LogP contribution in [0.15, 0.2) is 18.3 Å². The van der Waals surface area contributed by atoms with Crippen LogP contribution in [0.1, 0.15) is 40.2 Å². The number of hydrogen-bond acceptors (Lipinski definition) is 5. The van der Waals surface area contributed by atoms with Gasteiger partial charge in [0.2, 0.25) is 11.8 Å². The average molecular weight is 467 g/mol. The molecule has 32 heavy (non-hydrogen) atoms. The van der Waals surface area contributed by atoms with Crippen LogP contribution in [0.5, 0.6) is 5.88 Å². The molecule has 2 heterocycles. The standard InChI is InChI=1S/C20H26F5N3O4/c1-17(2,3)32-16(30)28-9-13(19(21,22)10-28)27-15(29)18(4,5)11-31-14-12(20(23,24)25)7-6-8-26-14/h6-8,13H,9-11H2,1-5H3,(H,27,29). The Morgan fingerprint density at radius 1 is 1.22 bits per heavy atom. The Morgan fingerprint density at radius 2 is 1.84 bits per heavy atom. The van der Waals surface area contributed by atoms with E-state index in [0.717, 1.165) is 23.2 Å². The van der Waals surface area contributed by atoms with Gasteiger partial charge in [0, 0.05) is 6.20 Å². The summed E-state index contributed by atoms with van der Waals surface area (Å²) in [7, 11) is 0. The van der Waals surface area contributed by atoms with Crippen LogP contribution in [0.25, 0.3) is 0 Å². The summed E-state index contributed by atoms with van der Waals surface area (Å²) in [5.41, 5.74) is -3.48. The molecule has 180 valence electrons. The third kappa shape index (κ3) is 6.42. The van der Waals surface area contributed by atoms with Crippen LogP contribution >= 0.6 is 0 Å². The number of alkyl halides is 5. The van der Waals surface area contributed by atoms with Crippen molar-refractivity contribution in [2.45, 2.75) is 58.4 Å². The number of likely N-dealkylation sites (tertiary alicyclic amines) is 1. The largest absolute Gasteiger partial charge is 0.476 e. The summed E-state index contributed by atoms with van der Waals surface area (Å²) >= 11 is 0. The number of hydrogen-bond donors (Lipinski definition) is 1. The maximum Gasteiger partial charge on any atom is 0.421 e. The lowest BCUT2D eigenvalue weighted by Crippen LogP contribution is -2.52. The quantitative estimate of drug-likeness (QED) is 0.665. The Kier molecular flexibility index (Phi) is 6.96. The van der Waals surface area contributed by atoms with E-state index < -0.39 is 72.3 Å². The fourth-order valence-corrected chi connectivity index (χ4v) is 2.79. The molecular weight excluding hydrogens is 441 g/mol. The summed E-state index contributed by atoms with van der Waals surface area (Å²) in [5.74, 6) is -5.02. The first-order valence-corrected chi connectivity index (χ1v) is 9.74. The lowest BCUT2D eigenvalue weighted by atomic mass is 9.93. The molecule has 0 bridgehead atoms. The number of pyridine rings is 1. The van der Waals surface area contributed by atoms with Crippen molar-refractivity contribution in [1.29, 1.82) is 0 Å². The predicted octanol–water partition coefficient (Wildman–Crippen LogP) is 3.88. The van der Waals surface area contributed by atoms with Gasteiger partial charge < -0.3 is 14.8 Å². The van der Waals surface area contributed by atoms with E-state index in [0.29, 0.717) is 0 Å². The van der Waals surface area contributed by atoms with E-state index in [1.165, 1.54) is 13.8 Å². The molecule has 0 aromatic carbocycles. The first kappa shape index (κ1) is 25.6. The van der Waals surface area contributed by atoms with Crippen molar-refractivity contribution in [2.24, 2.45) is 5.41 Å². The van der Waals surface area contributed by atoms with E-state index in [1.54, 1.807) is 20.8 Å². The molecule has 1 aromatic rings. The van der Waals surface area contributed by atoms with Gasteiger partial charge in [0.25, 0.3) is 5.92 Å². The first-order valence-electron chi connectivity index (χ1n) is 9.74. The SMILES string of the molecule is CC(C)(C)OC(=O)N1CC(NC(=O)C(C)(C)COc2ncccc2C(F)(F)F)C(F)(F)C1. The number of ether oxygens (including phenoxy) is 2. The molecule has 7 nitrogen and oxygen atoms in total. The number of carbonyl (C=O) groups is 2. The molecule has 1 N–H and O–H groups in total. The Labute approximate surface area is 182 Å². The van der Waals surface area contributed by atoms with E-state index in [1.807, 2.05) is 0 Å². The summed E-state index contributed by atoms with van der Waals surface area (Å²) in [6.07, 6.45) is -4.55. The van der Waals surface area contributed by atoms with Crippen LogP contribution in [0.4, 0.5) is 26.7 Å². The van der Waals surface area contributed by atoms with Crippen LogP contribution in [0.3, 0.4) is 0 Å². The molecule has 1 atom stereocenters. The zero-order valence-electron chi connectivity index (χ0n) is 18.3. The lowest BCUT2D eigenvalue weighted by molar-refractivity contribution is -0.140. The highest BCUT2D eigenvalue weighted by atomic mass is 19.4. The molecule has 1 fully saturated rings. The molecule has 0 radical (unpaired) electrons. The second-order valence-electron chi connectivity index (χ2n) is 9.17. The zero-order valence-corrected chi connectivity index (χ0v) is 18.3. The minimum Gasteiger partial charge on any atom is -0.476 e. The van der Waals surface area contributed by atoms with Crippen LogP contribution in [0.2, 0.25) is 0 Å². The van der Waals surface area contributed by atoms with Crippen molar-refractivity contribution in [3.8, 4) is 5.88 Å². The summed E-state index contributed by atoms with van der Waals surface area (Å²) in [4.78, 5) is 29.0. The minimum atomic E-state index is -4.72. The van der Waals surface area contributed by atoms with Crippen molar-refractivity contribution >= 4 is 12.0 Å². The number of halogens is 5. The van der Waals surface area contributed by atoms with E-state index in [2.05, 4.69) is 10.3 Å². The van der Waals surface area contributed by atoms with Gasteiger partial charge in [-0.1, -0.05) is 0 Å². The fourth-order valence-electron chi connectivity index (χ4n) is 2.79. The van der Waals surface area contributed by atoms with Crippen molar-refractivity contribution in [1.82, 2.24) is 15.2 Å². The summed E-state index contributed by atoms with van der Waals surface area (Å²) in [5, 5.41) is 2.18. The first-order chi connectivity index (χ1) is 14.4. The van der Waals surface area contributed by atoms with E-state index in [4.69, 9.17) is 9.47 Å². The van der Waals surface area contributed by atoms with Gasteiger partial charge in [0.05, 0.1) is 18.5 Å². The number of amides is 2. The smallest absolute Gasteiger partial charge is 0.421 e. The number of rotatable bonds is 5. The predicted molar refractivity (Wildman–Crippen MR) is 103 cm³/mol. The van der Waals surface area contributed by atoms with Gasteiger partial charge in [-0.25, -0.2) is 18.6 Å². The Bertz CT molecular complexity index is 852. The van der Waals surface area contributed by atoms with Crippen LogP contribution < -0.4 is 10.1 Å². The molecule has 0 aliphatic carbocycles. The van der Waals surface area contributed by atoms with Crippen LogP contribution in [-0.4, -0.2) is 59.1 Å². The number of nitrogens with one attached hydrogen (secondary N) is 1. The van der Waals surface area contributed by atoms with Gasteiger partial charge in [0.15, 0.2) is 0 Å². The maximum absolute atomic E-state index is 14.4. The molecule has 1 aliphatic heterocycles. The minimum absolute atomic E-state index is 0.483. The third-order valence-corrected chi connectivity index (χ3v) is 4.53. The van der Waals surface area contributed by atoms with Crippen molar-refractivity contribution in [3.63, 3.8) is 0 Å². The van der Waals surface area contributed by atoms with Gasteiger partial charge in [-0.05, 0) is 46.8 Å². The molecule has 0 saturated carbocycles. The van der Waals surface area contributed by atoms with E-state index >= 15 is 0 Å². The lowest BCUT2D eigenvalue weighted by Gasteiger charge is -2.27. The second kappa shape index (κ2) is 8.70. The Hall–Kier alpha value is -2.66. The third-order valence-electron chi connectivity index (χ3n) is 4.53. The molecule has 2 amide bonds. The summed E-state index contributed by atoms with van der Waals surface area (Å²) in [6.45, 7) is 5.46. The topological polar surface area (TPSA) is 80.8 Å². The van der Waals surface area contributed by atoms with Gasteiger partial charge >= 0.3 is 12.3 Å². The van der Waals surface area contributed by atoms with Gasteiger partial charge in [0.1, 0.15) is 23.8 Å². The molecular formula is C20H26F5N3O4. The monoisotopic (exact) mass is 467 g/mol. The van der Waals surface area contributed by atoms with E-state index in [-0.39, 0.29) is 0 Å². The highest BCUT2D eigenvalue weighted by molar-refractivity contribution is 5.82. The highest BCUT2D eigenvalue weighted by Gasteiger charge is 2.52. The van der Waals surface area contributed by atoms with Crippen molar-refractivity contribution in [3.05, 3.63) is 23.9 Å². The summed E-state index contributed by atoms with van der Waals surface area (Å²) < 4.78 is 78.2. The van der Waals surface area contributed by atoms with Gasteiger partial charge in [-0.2, -0.15) is 13.2 Å². The number of nitrogens with zero attached hydrogens (tertiary/aromatic N) is 2. The Balaban J connectivity index is 2.04. The van der Waals surface area contributed by atoms with Crippen molar-refractivity contribution < 1.29 is 41.0 Å². The highest BCUT2D eigenvalue weighted by Crippen LogP contribution is 2.35. The molecule has 1 saturated heterocycles. The number of aromatic nitrogens is 1. The zero-order chi connectivity index (χ0) is 24.5. The maximum atomic E-state index is 14.4. The van der Waals surface area contributed by atoms with Gasteiger partial charge in [-0.3, -0.25) is 9.69 Å². The average Bonchev–Trinajstić information content (AvgIpc) is 2.93. The fraction of sp³-hybridized carbons (Fsp3) is 0.650. The second-order valence-corrected chi connectivity index (χ2v) is 9.17. The van der Waals surface area contributed by atoms with Crippen LogP contribution in [0, 0.1) is 5.41 Å². The van der Waals surface area contributed by atoms with Crippen molar-refractivity contribution in [2.75, 3.05) is 19.7 Å². The molecule has 1 aromatic heterocycles. The molecule has 1 unspecified atom stereocenters. The normalized spacial score (nSPS) is 18.9. The van der Waals surface area contributed by atoms with E-state index in [9.17, 15) is 31.5 Å². The van der Waals surface area contributed by atoms with Gasteiger partial charge in [-0.15, -0.1) is 0 Å². The molecule has 12 heteroatoms. The number of carbonyl (C=O) groups excluding carboxylic acids is 2. The molecule has 0 spiro atoms. The molecule has 2 rings (SSSR count). The summed E-state index contributed by atoms with van der Waals surface area (Å²) in [6, 6.07) is 0.175. The van der Waals surface area contributed by atoms with Crippen LogP contribution in [-0.2, 0) is 15.7 Å².